The minimum absolute atomic E-state index is 0.00184. The van der Waals surface area contributed by atoms with Crippen LogP contribution in [0.1, 0.15) is 25.8 Å². The summed E-state index contributed by atoms with van der Waals surface area (Å²) < 4.78 is 43.1. The first-order valence-electron chi connectivity index (χ1n) is 6.25. The molecule has 2 nitrogen and oxygen atoms in total. The van der Waals surface area contributed by atoms with Crippen molar-refractivity contribution in [3.8, 4) is 0 Å². The number of hydrogen-bond acceptors (Lipinski definition) is 2. The highest BCUT2D eigenvalue weighted by Gasteiger charge is 2.30. The van der Waals surface area contributed by atoms with Gasteiger partial charge in [0.25, 0.3) is 0 Å². The molecule has 114 valence electrons. The van der Waals surface area contributed by atoms with Gasteiger partial charge in [0.2, 0.25) is 0 Å². The van der Waals surface area contributed by atoms with Crippen LogP contribution in [0.2, 0.25) is 0 Å². The van der Waals surface area contributed by atoms with Gasteiger partial charge in [0.15, 0.2) is 0 Å². The Kier molecular flexibility index (Phi) is 5.89. The van der Waals surface area contributed by atoms with E-state index in [-0.39, 0.29) is 5.41 Å². The van der Waals surface area contributed by atoms with Crippen LogP contribution in [-0.4, -0.2) is 20.3 Å². The molecular weight excluding hydrogens is 335 g/mol. The molecule has 0 aliphatic rings. The topological polar surface area (TPSA) is 21.3 Å². The van der Waals surface area contributed by atoms with Crippen molar-refractivity contribution in [2.75, 3.05) is 25.6 Å². The number of halogens is 4. The summed E-state index contributed by atoms with van der Waals surface area (Å²) in [6, 6.07) is 3.61. The van der Waals surface area contributed by atoms with Crippen molar-refractivity contribution in [1.29, 1.82) is 0 Å². The molecule has 6 heteroatoms. The van der Waals surface area contributed by atoms with Gasteiger partial charge in [-0.25, -0.2) is 0 Å². The molecule has 0 saturated carbocycles. The molecule has 0 unspecified atom stereocenters. The Morgan fingerprint density at radius 3 is 2.40 bits per heavy atom. The van der Waals surface area contributed by atoms with E-state index in [9.17, 15) is 13.2 Å². The molecule has 0 atom stereocenters. The number of alkyl halides is 3. The number of ether oxygens (including phenoxy) is 1. The number of methoxy groups -OCH3 is 1. The van der Waals surface area contributed by atoms with E-state index in [4.69, 9.17) is 4.74 Å². The van der Waals surface area contributed by atoms with Gasteiger partial charge in [-0.1, -0.05) is 13.8 Å². The maximum absolute atomic E-state index is 12.6. The second-order valence-electron chi connectivity index (χ2n) is 5.45. The van der Waals surface area contributed by atoms with Crippen LogP contribution in [0.4, 0.5) is 18.9 Å². The minimum atomic E-state index is -4.32. The third-order valence-corrected chi connectivity index (χ3v) is 3.69. The van der Waals surface area contributed by atoms with Gasteiger partial charge in [-0.3, -0.25) is 0 Å². The van der Waals surface area contributed by atoms with E-state index >= 15 is 0 Å². The van der Waals surface area contributed by atoms with E-state index < -0.39 is 11.7 Å². The smallest absolute Gasteiger partial charge is 0.385 e. The van der Waals surface area contributed by atoms with Gasteiger partial charge in [-0.15, -0.1) is 0 Å². The zero-order chi connectivity index (χ0) is 15.4. The first-order valence-corrected chi connectivity index (χ1v) is 7.04. The highest BCUT2D eigenvalue weighted by molar-refractivity contribution is 9.10. The quantitative estimate of drug-likeness (QED) is 0.781. The molecule has 0 spiro atoms. The Hall–Kier alpha value is -0.750. The molecule has 0 fully saturated rings. The standard InChI is InChI=1S/C14H19BrF3NO/c1-13(2,6-7-20-3)9-19-12-5-4-10(8-11(12)15)14(16,17)18/h4-5,8,19H,6-7,9H2,1-3H3. The predicted molar refractivity (Wildman–Crippen MR) is 77.9 cm³/mol. The molecule has 1 aromatic carbocycles. The van der Waals surface area contributed by atoms with Crippen LogP contribution >= 0.6 is 15.9 Å². The summed E-state index contributed by atoms with van der Waals surface area (Å²) in [4.78, 5) is 0. The Morgan fingerprint density at radius 1 is 1.25 bits per heavy atom. The van der Waals surface area contributed by atoms with Crippen molar-refractivity contribution in [3.05, 3.63) is 28.2 Å². The van der Waals surface area contributed by atoms with E-state index in [1.807, 2.05) is 0 Å². The molecule has 0 aliphatic carbocycles. The average Bonchev–Trinajstić information content (AvgIpc) is 2.34. The highest BCUT2D eigenvalue weighted by Crippen LogP contribution is 2.34. The molecule has 1 aromatic rings. The number of rotatable bonds is 6. The van der Waals surface area contributed by atoms with Crippen LogP contribution in [0.3, 0.4) is 0 Å². The molecule has 1 rings (SSSR count). The molecule has 0 amide bonds. The number of hydrogen-bond donors (Lipinski definition) is 1. The molecule has 0 bridgehead atoms. The van der Waals surface area contributed by atoms with Crippen molar-refractivity contribution in [2.24, 2.45) is 5.41 Å². The van der Waals surface area contributed by atoms with E-state index in [0.29, 0.717) is 23.3 Å². The summed E-state index contributed by atoms with van der Waals surface area (Å²) in [5.74, 6) is 0. The molecule has 0 aromatic heterocycles. The molecule has 0 saturated heterocycles. The van der Waals surface area contributed by atoms with Crippen LogP contribution < -0.4 is 5.32 Å². The van der Waals surface area contributed by atoms with Crippen LogP contribution in [0.5, 0.6) is 0 Å². The lowest BCUT2D eigenvalue weighted by Gasteiger charge is -2.25. The lowest BCUT2D eigenvalue weighted by Crippen LogP contribution is -2.24. The van der Waals surface area contributed by atoms with Gasteiger partial charge < -0.3 is 10.1 Å². The Bertz CT molecular complexity index is 447. The molecule has 20 heavy (non-hydrogen) atoms. The van der Waals surface area contributed by atoms with Gasteiger partial charge in [0.1, 0.15) is 0 Å². The fraction of sp³-hybridized carbons (Fsp3) is 0.571. The minimum Gasteiger partial charge on any atom is -0.385 e. The zero-order valence-electron chi connectivity index (χ0n) is 11.8. The van der Waals surface area contributed by atoms with Crippen molar-refractivity contribution < 1.29 is 17.9 Å². The summed E-state index contributed by atoms with van der Waals surface area (Å²) in [5, 5.41) is 3.17. The fourth-order valence-electron chi connectivity index (χ4n) is 1.64. The number of nitrogens with one attached hydrogen (secondary N) is 1. The lowest BCUT2D eigenvalue weighted by atomic mass is 9.89. The van der Waals surface area contributed by atoms with Gasteiger partial charge in [-0.05, 0) is 46.0 Å². The molecule has 0 aliphatic heterocycles. The number of anilines is 1. The van der Waals surface area contributed by atoms with Crippen molar-refractivity contribution in [2.45, 2.75) is 26.4 Å². The van der Waals surface area contributed by atoms with Gasteiger partial charge >= 0.3 is 6.18 Å². The maximum atomic E-state index is 12.6. The SMILES string of the molecule is COCCC(C)(C)CNc1ccc(C(F)(F)F)cc1Br. The molecule has 0 heterocycles. The van der Waals surface area contributed by atoms with E-state index in [1.54, 1.807) is 7.11 Å². The monoisotopic (exact) mass is 353 g/mol. The second kappa shape index (κ2) is 6.80. The van der Waals surface area contributed by atoms with Crippen LogP contribution in [0, 0.1) is 5.41 Å². The maximum Gasteiger partial charge on any atom is 0.416 e. The molecule has 0 radical (unpaired) electrons. The van der Waals surface area contributed by atoms with Crippen molar-refractivity contribution in [1.82, 2.24) is 0 Å². The Labute approximate surface area is 125 Å². The van der Waals surface area contributed by atoms with Crippen molar-refractivity contribution >= 4 is 21.6 Å². The van der Waals surface area contributed by atoms with Crippen LogP contribution in [0.15, 0.2) is 22.7 Å². The van der Waals surface area contributed by atoms with E-state index in [0.717, 1.165) is 18.6 Å². The average molecular weight is 354 g/mol. The highest BCUT2D eigenvalue weighted by atomic mass is 79.9. The summed E-state index contributed by atoms with van der Waals surface area (Å²) in [7, 11) is 1.65. The van der Waals surface area contributed by atoms with Gasteiger partial charge in [-0.2, -0.15) is 13.2 Å². The Balaban J connectivity index is 2.70. The third kappa shape index (κ3) is 5.32. The first kappa shape index (κ1) is 17.3. The summed E-state index contributed by atoms with van der Waals surface area (Å²) >= 11 is 3.17. The van der Waals surface area contributed by atoms with Crippen LogP contribution in [-0.2, 0) is 10.9 Å². The Morgan fingerprint density at radius 2 is 1.90 bits per heavy atom. The largest absolute Gasteiger partial charge is 0.416 e. The van der Waals surface area contributed by atoms with Gasteiger partial charge in [0, 0.05) is 30.4 Å². The third-order valence-electron chi connectivity index (χ3n) is 3.04. The molecular formula is C14H19BrF3NO. The normalized spacial score (nSPS) is 12.6. The van der Waals surface area contributed by atoms with Crippen molar-refractivity contribution in [3.63, 3.8) is 0 Å². The number of benzene rings is 1. The zero-order valence-corrected chi connectivity index (χ0v) is 13.4. The van der Waals surface area contributed by atoms with E-state index in [1.165, 1.54) is 6.07 Å². The lowest BCUT2D eigenvalue weighted by molar-refractivity contribution is -0.137. The molecule has 1 N–H and O–H groups in total. The predicted octanol–water partition coefficient (Wildman–Crippen LogP) is 4.94. The summed E-state index contributed by atoms with van der Waals surface area (Å²) in [6.45, 7) is 5.47. The second-order valence-corrected chi connectivity index (χ2v) is 6.31. The summed E-state index contributed by atoms with van der Waals surface area (Å²) in [6.07, 6.45) is -3.45. The van der Waals surface area contributed by atoms with E-state index in [2.05, 4.69) is 35.1 Å². The first-order chi connectivity index (χ1) is 9.15. The summed E-state index contributed by atoms with van der Waals surface area (Å²) in [5.41, 5.74) is -0.00456. The van der Waals surface area contributed by atoms with Gasteiger partial charge in [0.05, 0.1) is 5.56 Å². The van der Waals surface area contributed by atoms with Crippen LogP contribution in [0.25, 0.3) is 0 Å². The fourth-order valence-corrected chi connectivity index (χ4v) is 2.16.